The molecule has 23 heteroatoms. The number of nitrogens with one attached hydrogen (secondary N) is 1. The predicted molar refractivity (Wildman–Crippen MR) is 284 cm³/mol. The molecule has 4 atom stereocenters. The molecule has 4 aliphatic rings. The minimum Gasteiger partial charge on any atom is -0.462 e. The van der Waals surface area contributed by atoms with Gasteiger partial charge in [0.1, 0.15) is 25.9 Å². The lowest BCUT2D eigenvalue weighted by atomic mass is 9.90. The Morgan fingerprint density at radius 2 is 0.987 bits per heavy atom. The molecule has 0 bridgehead atoms. The minimum absolute atomic E-state index is 0.0473. The Kier molecular flexibility index (Phi) is 39.3. The highest BCUT2D eigenvalue weighted by Gasteiger charge is 2.44. The van der Waals surface area contributed by atoms with Gasteiger partial charge >= 0.3 is 50.7 Å². The van der Waals surface area contributed by atoms with Gasteiger partial charge in [0.2, 0.25) is 0 Å². The average Bonchev–Trinajstić information content (AvgIpc) is 4.26. The molecule has 0 aromatic heterocycles. The Bertz CT molecular complexity index is 1910. The van der Waals surface area contributed by atoms with Crippen LogP contribution in [0.5, 0.6) is 0 Å². The van der Waals surface area contributed by atoms with Gasteiger partial charge < -0.3 is 61.6 Å². The summed E-state index contributed by atoms with van der Waals surface area (Å²) in [5.41, 5.74) is 3.17. The zero-order chi connectivity index (χ0) is 58.4. The van der Waals surface area contributed by atoms with Crippen LogP contribution in [0.2, 0.25) is 6.04 Å². The Balaban J connectivity index is 0. The second-order valence-corrected chi connectivity index (χ2v) is 20.9. The summed E-state index contributed by atoms with van der Waals surface area (Å²) in [5, 5.41) is 14.1. The number of aliphatic hydroxyl groups excluding tert-OH is 1. The van der Waals surface area contributed by atoms with Gasteiger partial charge in [0.05, 0.1) is 57.5 Å². The van der Waals surface area contributed by atoms with Gasteiger partial charge in [-0.3, -0.25) is 4.84 Å². The molecule has 0 spiro atoms. The highest BCUT2D eigenvalue weighted by molar-refractivity contribution is 6.60. The Labute approximate surface area is 450 Å². The second kappa shape index (κ2) is 41.4. The Morgan fingerprint density at radius 3 is 1.38 bits per heavy atom. The van der Waals surface area contributed by atoms with Crippen molar-refractivity contribution in [2.75, 3.05) is 80.7 Å². The number of hydrogen-bond acceptors (Lipinski definition) is 21. The topological polar surface area (TPSA) is 281 Å². The molecule has 2 aliphatic heterocycles. The number of carbonyl (C=O) groups excluding carboxylic acids is 7. The van der Waals surface area contributed by atoms with Crippen LogP contribution in [0.3, 0.4) is 0 Å². The van der Waals surface area contributed by atoms with Gasteiger partial charge in [-0.15, -0.1) is 0 Å². The van der Waals surface area contributed by atoms with Crippen molar-refractivity contribution in [3.63, 3.8) is 0 Å². The van der Waals surface area contributed by atoms with Crippen LogP contribution in [-0.2, 0) is 84.8 Å². The van der Waals surface area contributed by atoms with Crippen molar-refractivity contribution in [3.8, 4) is 0 Å². The summed E-state index contributed by atoms with van der Waals surface area (Å²) >= 11 is 0. The van der Waals surface area contributed by atoms with Crippen LogP contribution in [0.15, 0.2) is 78.1 Å². The third-order valence-electron chi connectivity index (χ3n) is 10.1. The van der Waals surface area contributed by atoms with Gasteiger partial charge in [-0.05, 0) is 105 Å². The fourth-order valence-corrected chi connectivity index (χ4v) is 6.73. The highest BCUT2D eigenvalue weighted by atomic mass is 28.4. The van der Waals surface area contributed by atoms with E-state index in [2.05, 4.69) is 59.5 Å². The van der Waals surface area contributed by atoms with Gasteiger partial charge in [0.15, 0.2) is 0 Å². The number of rotatable bonds is 26. The van der Waals surface area contributed by atoms with Gasteiger partial charge in [-0.2, -0.15) is 0 Å². The van der Waals surface area contributed by atoms with Crippen molar-refractivity contribution in [3.05, 3.63) is 72.9 Å². The van der Waals surface area contributed by atoms with Crippen LogP contribution in [0, 0.1) is 11.8 Å². The van der Waals surface area contributed by atoms with Crippen molar-refractivity contribution >= 4 is 56.4 Å². The molecular weight excluding hydrogens is 1010 g/mol. The van der Waals surface area contributed by atoms with Crippen LogP contribution in [0.4, 0.5) is 4.79 Å². The number of epoxide rings is 2. The zero-order valence-corrected chi connectivity index (χ0v) is 47.8. The van der Waals surface area contributed by atoms with E-state index < -0.39 is 26.8 Å². The van der Waals surface area contributed by atoms with E-state index in [9.17, 15) is 33.6 Å². The summed E-state index contributed by atoms with van der Waals surface area (Å²) in [7, 11) is 2.13. The molecule has 2 aliphatic carbocycles. The number of aliphatic hydroxyl groups is 1. The smallest absolute Gasteiger partial charge is 0.462 e. The van der Waals surface area contributed by atoms with Gasteiger partial charge in [-0.1, -0.05) is 51.6 Å². The molecule has 4 rings (SSSR count). The summed E-state index contributed by atoms with van der Waals surface area (Å²) < 4.78 is 54.9. The molecule has 0 radical (unpaired) electrons. The lowest BCUT2D eigenvalue weighted by molar-refractivity contribution is -0.141. The standard InChI is InChI=1S/C11H18N2O4.C11H16O3.C10H20O5Si.C8H12O2.C7H10O3.C6H10O3/c1-5-9(4)13-17-11(15)12-6-7-16-10(14)8(2)3;1-7(2)11(12)13-6-8-3-4-9-10(5-8)14-9;1-9(2)10(11)15-7-6-8-16(12-3,13-4)14-5;1-6(2)8(9)10-5-7-3-4-7;1-5(2)7(8)10-4-6-3-9-6;1-5(2)6(8)9-4-3-7/h2,5-7H2,1,3-4H3,(H,12,15);8-10H,1,3-6H2,2H3;1,6-8H2,2-5H3;7H,1,3-5H2,2H3;6H,1,3-4H2,2H3;7H,1,3-4H2,2H3/b13-9+;;;;;. The van der Waals surface area contributed by atoms with E-state index in [0.29, 0.717) is 115 Å². The Hall–Kier alpha value is -5.82. The van der Waals surface area contributed by atoms with E-state index in [0.717, 1.165) is 19.3 Å². The number of ether oxygens (including phenoxy) is 8. The molecule has 432 valence electrons. The summed E-state index contributed by atoms with van der Waals surface area (Å²) in [6.45, 7) is 36.7. The van der Waals surface area contributed by atoms with Crippen LogP contribution < -0.4 is 5.32 Å². The number of fused-ring (bicyclic) bond motifs is 1. The van der Waals surface area contributed by atoms with E-state index in [1.165, 1.54) is 12.8 Å². The maximum atomic E-state index is 11.1. The number of amides is 1. The van der Waals surface area contributed by atoms with E-state index in [4.69, 9.17) is 51.5 Å². The van der Waals surface area contributed by atoms with E-state index in [1.54, 1.807) is 69.8 Å². The molecule has 0 aromatic carbocycles. The third-order valence-corrected chi connectivity index (χ3v) is 13.0. The Morgan fingerprint density at radius 1 is 0.579 bits per heavy atom. The van der Waals surface area contributed by atoms with E-state index in [-0.39, 0.29) is 56.3 Å². The molecule has 2 saturated carbocycles. The number of esters is 6. The fourth-order valence-electron chi connectivity index (χ4n) is 5.04. The van der Waals surface area contributed by atoms with Crippen LogP contribution in [0.1, 0.15) is 100 Å². The summed E-state index contributed by atoms with van der Waals surface area (Å²) in [6, 6.07) is 0.611. The summed E-state index contributed by atoms with van der Waals surface area (Å²) in [5.74, 6) is -1.06. The van der Waals surface area contributed by atoms with Crippen LogP contribution in [0.25, 0.3) is 0 Å². The average molecular weight is 1100 g/mol. The lowest BCUT2D eigenvalue weighted by Crippen LogP contribution is -2.42. The first-order chi connectivity index (χ1) is 35.7. The molecule has 2 heterocycles. The largest absolute Gasteiger partial charge is 0.500 e. The predicted octanol–water partition coefficient (Wildman–Crippen LogP) is 6.78. The maximum absolute atomic E-state index is 11.1. The first-order valence-corrected chi connectivity index (χ1v) is 26.6. The molecular formula is C53H86N2O20Si. The molecule has 2 N–H and O–H groups in total. The molecule has 76 heavy (non-hydrogen) atoms. The second-order valence-electron chi connectivity index (χ2n) is 17.8. The van der Waals surface area contributed by atoms with Crippen molar-refractivity contribution in [1.29, 1.82) is 0 Å². The van der Waals surface area contributed by atoms with Gasteiger partial charge in [-0.25, -0.2) is 33.6 Å². The monoisotopic (exact) mass is 1100 g/mol. The molecule has 4 unspecified atom stereocenters. The van der Waals surface area contributed by atoms with Crippen molar-refractivity contribution in [1.82, 2.24) is 5.32 Å². The third kappa shape index (κ3) is 38.7. The quantitative estimate of drug-likeness (QED) is 0.0104. The molecule has 4 fully saturated rings. The number of oxime groups is 1. The first kappa shape index (κ1) is 72.3. The fraction of sp³-hybridized carbons (Fsp3) is 0.623. The molecule has 1 amide bonds. The molecule has 2 saturated heterocycles. The summed E-state index contributed by atoms with van der Waals surface area (Å²) in [4.78, 5) is 80.6. The van der Waals surface area contributed by atoms with Crippen molar-refractivity contribution in [2.45, 2.75) is 125 Å². The highest BCUT2D eigenvalue weighted by Crippen LogP contribution is 2.39. The first-order valence-electron chi connectivity index (χ1n) is 24.7. The van der Waals surface area contributed by atoms with Crippen molar-refractivity contribution in [2.24, 2.45) is 17.0 Å². The van der Waals surface area contributed by atoms with E-state index in [1.807, 2.05) is 6.92 Å². The SMILES string of the molecule is C=C(C)C(=O)OCC1CC1.C=C(C)C(=O)OCC1CCC2OC2C1.C=C(C)C(=O)OCC1CO1.C=C(C)C(=O)OCCC[Si](OC)(OC)OC.C=C(C)C(=O)OCCNC(=O)O/N=C(\C)CC.C=C(C)C(=O)OCCO. The van der Waals surface area contributed by atoms with Crippen molar-refractivity contribution < 1.29 is 94.7 Å². The minimum atomic E-state index is -2.53. The normalized spacial score (nSPS) is 17.2. The number of hydrogen-bond donors (Lipinski definition) is 2. The maximum Gasteiger partial charge on any atom is 0.500 e. The lowest BCUT2D eigenvalue weighted by Gasteiger charge is -2.24. The van der Waals surface area contributed by atoms with Crippen LogP contribution in [-0.4, -0.2) is 161 Å². The van der Waals surface area contributed by atoms with Gasteiger partial charge in [0.25, 0.3) is 0 Å². The number of nitrogens with zero attached hydrogens (tertiary/aromatic N) is 1. The van der Waals surface area contributed by atoms with Gasteiger partial charge in [0, 0.05) is 60.8 Å². The van der Waals surface area contributed by atoms with E-state index >= 15 is 0 Å². The van der Waals surface area contributed by atoms with Crippen LogP contribution >= 0.6 is 0 Å². The molecule has 0 aromatic rings. The molecule has 22 nitrogen and oxygen atoms in total. The zero-order valence-electron chi connectivity index (χ0n) is 46.8. The summed E-state index contributed by atoms with van der Waals surface area (Å²) in [6.07, 6.45) is 7.50. The number of carbonyl (C=O) groups is 7.